The molecule has 1 N–H and O–H groups in total. The summed E-state index contributed by atoms with van der Waals surface area (Å²) in [5, 5.41) is 4.54. The van der Waals surface area contributed by atoms with Crippen molar-refractivity contribution in [2.24, 2.45) is 0 Å². The molecule has 1 aromatic rings. The van der Waals surface area contributed by atoms with Crippen LogP contribution in [0.2, 0.25) is 0 Å². The summed E-state index contributed by atoms with van der Waals surface area (Å²) in [6.07, 6.45) is 0. The summed E-state index contributed by atoms with van der Waals surface area (Å²) in [7, 11) is 0. The highest BCUT2D eigenvalue weighted by atomic mass is 32.1. The summed E-state index contributed by atoms with van der Waals surface area (Å²) in [5.74, 6) is -0.303. The smallest absolute Gasteiger partial charge is 0.264 e. The molecule has 1 unspecified atom stereocenters. The van der Waals surface area contributed by atoms with Crippen LogP contribution in [0.4, 0.5) is 0 Å². The highest BCUT2D eigenvalue weighted by Crippen LogP contribution is 2.21. The number of ether oxygens (including phenoxy) is 1. The molecule has 19 heavy (non-hydrogen) atoms. The van der Waals surface area contributed by atoms with Crippen molar-refractivity contribution < 1.29 is 14.3 Å². The first-order valence-electron chi connectivity index (χ1n) is 6.07. The summed E-state index contributed by atoms with van der Waals surface area (Å²) in [6, 6.07) is 1.17. The van der Waals surface area contributed by atoms with Crippen LogP contribution >= 0.6 is 24.0 Å². The minimum atomic E-state index is -0.549. The number of rotatable bonds is 3. The van der Waals surface area contributed by atoms with E-state index in [4.69, 9.17) is 4.74 Å². The number of nitrogens with zero attached hydrogens (tertiary/aromatic N) is 1. The van der Waals surface area contributed by atoms with Gasteiger partial charge in [-0.2, -0.15) is 0 Å². The number of thiophene rings is 1. The lowest BCUT2D eigenvalue weighted by molar-refractivity contribution is -0.130. The molecule has 1 fully saturated rings. The summed E-state index contributed by atoms with van der Waals surface area (Å²) in [5.41, 5.74) is 0. The van der Waals surface area contributed by atoms with Crippen molar-refractivity contribution in [3.63, 3.8) is 0 Å². The van der Waals surface area contributed by atoms with E-state index < -0.39 is 6.04 Å². The van der Waals surface area contributed by atoms with Gasteiger partial charge in [0, 0.05) is 23.4 Å². The van der Waals surface area contributed by atoms with Crippen LogP contribution < -0.4 is 5.32 Å². The van der Waals surface area contributed by atoms with Gasteiger partial charge >= 0.3 is 0 Å². The Bertz CT molecular complexity index is 475. The number of thiol groups is 1. The fraction of sp³-hybridized carbons (Fsp3) is 0.500. The molecule has 1 saturated heterocycles. The van der Waals surface area contributed by atoms with Crippen molar-refractivity contribution in [2.75, 3.05) is 26.3 Å². The van der Waals surface area contributed by atoms with E-state index in [1.165, 1.54) is 11.3 Å². The first-order valence-corrected chi connectivity index (χ1v) is 7.40. The van der Waals surface area contributed by atoms with Crippen molar-refractivity contribution in [2.45, 2.75) is 17.9 Å². The molecule has 2 rings (SSSR count). The van der Waals surface area contributed by atoms with Gasteiger partial charge < -0.3 is 15.0 Å². The topological polar surface area (TPSA) is 58.6 Å². The Labute approximate surface area is 121 Å². The molecule has 104 valence electrons. The fourth-order valence-electron chi connectivity index (χ4n) is 1.94. The predicted octanol–water partition coefficient (Wildman–Crippen LogP) is 1.01. The van der Waals surface area contributed by atoms with Crippen molar-refractivity contribution in [3.8, 4) is 0 Å². The summed E-state index contributed by atoms with van der Waals surface area (Å²) >= 11 is 5.53. The zero-order valence-corrected chi connectivity index (χ0v) is 12.3. The van der Waals surface area contributed by atoms with Crippen molar-refractivity contribution in [3.05, 3.63) is 16.3 Å². The average molecular weight is 300 g/mol. The summed E-state index contributed by atoms with van der Waals surface area (Å²) in [4.78, 5) is 27.3. The SMILES string of the molecule is CCNC(=O)C1COCCN1C(=O)c1cc(S)cs1. The van der Waals surface area contributed by atoms with Crippen LogP contribution in [-0.4, -0.2) is 49.1 Å². The van der Waals surface area contributed by atoms with Crippen LogP contribution in [0, 0.1) is 0 Å². The molecule has 7 heteroatoms. The van der Waals surface area contributed by atoms with Crippen molar-refractivity contribution >= 4 is 35.8 Å². The average Bonchev–Trinajstić information content (AvgIpc) is 2.85. The summed E-state index contributed by atoms with van der Waals surface area (Å²) in [6.45, 7) is 3.52. The largest absolute Gasteiger partial charge is 0.377 e. The van der Waals surface area contributed by atoms with Crippen LogP contribution in [0.5, 0.6) is 0 Å². The molecule has 0 aliphatic carbocycles. The van der Waals surface area contributed by atoms with Gasteiger partial charge in [0.05, 0.1) is 18.1 Å². The van der Waals surface area contributed by atoms with Gasteiger partial charge in [0.25, 0.3) is 5.91 Å². The Balaban J connectivity index is 2.15. The summed E-state index contributed by atoms with van der Waals surface area (Å²) < 4.78 is 5.30. The van der Waals surface area contributed by atoms with Crippen molar-refractivity contribution in [1.29, 1.82) is 0 Å². The maximum atomic E-state index is 12.4. The molecule has 0 aromatic carbocycles. The molecule has 0 radical (unpaired) electrons. The van der Waals surface area contributed by atoms with E-state index in [0.717, 1.165) is 4.90 Å². The number of morpholine rings is 1. The number of hydrogen-bond donors (Lipinski definition) is 2. The highest BCUT2D eigenvalue weighted by Gasteiger charge is 2.33. The molecule has 0 spiro atoms. The van der Waals surface area contributed by atoms with E-state index in [1.807, 2.05) is 6.92 Å². The van der Waals surface area contributed by atoms with Gasteiger partial charge in [-0.3, -0.25) is 9.59 Å². The molecule has 1 aliphatic rings. The third-order valence-corrected chi connectivity index (χ3v) is 4.19. The minimum Gasteiger partial charge on any atom is -0.377 e. The molecule has 1 aromatic heterocycles. The number of likely N-dealkylation sites (N-methyl/N-ethyl adjacent to an activating group) is 1. The van der Waals surface area contributed by atoms with Crippen LogP contribution in [0.1, 0.15) is 16.6 Å². The second-order valence-corrected chi connectivity index (χ2v) is 5.58. The number of hydrogen-bond acceptors (Lipinski definition) is 5. The number of nitrogens with one attached hydrogen (secondary N) is 1. The standard InChI is InChI=1S/C12H16N2O3S2/c1-2-13-11(15)9-6-17-4-3-14(9)12(16)10-5-8(18)7-19-10/h5,7,9,18H,2-4,6H2,1H3,(H,13,15). The van der Waals surface area contributed by atoms with Gasteiger partial charge in [0.1, 0.15) is 6.04 Å². The second kappa shape index (κ2) is 6.40. The molecular weight excluding hydrogens is 284 g/mol. The Morgan fingerprint density at radius 1 is 1.63 bits per heavy atom. The second-order valence-electron chi connectivity index (χ2n) is 4.15. The van der Waals surface area contributed by atoms with E-state index in [2.05, 4.69) is 17.9 Å². The molecule has 2 heterocycles. The Kier molecular flexibility index (Phi) is 4.84. The lowest BCUT2D eigenvalue weighted by atomic mass is 10.2. The van der Waals surface area contributed by atoms with Crippen molar-refractivity contribution in [1.82, 2.24) is 10.2 Å². The number of amides is 2. The van der Waals surface area contributed by atoms with E-state index in [-0.39, 0.29) is 18.4 Å². The Morgan fingerprint density at radius 3 is 3.05 bits per heavy atom. The van der Waals surface area contributed by atoms with Gasteiger partial charge in [-0.1, -0.05) is 0 Å². The van der Waals surface area contributed by atoms with Gasteiger partial charge in [-0.05, 0) is 13.0 Å². The van der Waals surface area contributed by atoms with E-state index in [1.54, 1.807) is 16.3 Å². The zero-order valence-electron chi connectivity index (χ0n) is 10.6. The van der Waals surface area contributed by atoms with Gasteiger partial charge in [-0.25, -0.2) is 0 Å². The molecule has 5 nitrogen and oxygen atoms in total. The van der Waals surface area contributed by atoms with Crippen LogP contribution in [-0.2, 0) is 9.53 Å². The maximum Gasteiger partial charge on any atom is 0.264 e. The predicted molar refractivity (Wildman–Crippen MR) is 75.9 cm³/mol. The maximum absolute atomic E-state index is 12.4. The minimum absolute atomic E-state index is 0.134. The van der Waals surface area contributed by atoms with E-state index in [9.17, 15) is 9.59 Å². The molecule has 1 atom stereocenters. The highest BCUT2D eigenvalue weighted by molar-refractivity contribution is 7.80. The van der Waals surface area contributed by atoms with Crippen LogP contribution in [0.15, 0.2) is 16.3 Å². The van der Waals surface area contributed by atoms with E-state index in [0.29, 0.717) is 24.6 Å². The Morgan fingerprint density at radius 2 is 2.42 bits per heavy atom. The lowest BCUT2D eigenvalue weighted by Gasteiger charge is -2.34. The monoisotopic (exact) mass is 300 g/mol. The van der Waals surface area contributed by atoms with Crippen LogP contribution in [0.25, 0.3) is 0 Å². The lowest BCUT2D eigenvalue weighted by Crippen LogP contribution is -2.55. The zero-order chi connectivity index (χ0) is 13.8. The first kappa shape index (κ1) is 14.4. The Hall–Kier alpha value is -1.05. The van der Waals surface area contributed by atoms with Gasteiger partial charge in [0.15, 0.2) is 0 Å². The van der Waals surface area contributed by atoms with Gasteiger partial charge in [0.2, 0.25) is 5.91 Å². The quantitative estimate of drug-likeness (QED) is 0.819. The molecule has 0 saturated carbocycles. The first-order chi connectivity index (χ1) is 9.13. The molecule has 0 bridgehead atoms. The fourth-order valence-corrected chi connectivity index (χ4v) is 3.04. The van der Waals surface area contributed by atoms with Crippen LogP contribution in [0.3, 0.4) is 0 Å². The molecular formula is C12H16N2O3S2. The molecule has 1 aliphatic heterocycles. The third-order valence-electron chi connectivity index (χ3n) is 2.84. The third kappa shape index (κ3) is 3.29. The van der Waals surface area contributed by atoms with E-state index >= 15 is 0 Å². The molecule has 2 amide bonds. The van der Waals surface area contributed by atoms with Gasteiger partial charge in [-0.15, -0.1) is 24.0 Å². The number of carbonyl (C=O) groups excluding carboxylic acids is 2. The normalized spacial score (nSPS) is 19.3. The number of carbonyl (C=O) groups is 2.